The van der Waals surface area contributed by atoms with E-state index in [0.29, 0.717) is 17.0 Å². The topological polar surface area (TPSA) is 79.0 Å². The second-order valence-electron chi connectivity index (χ2n) is 6.31. The van der Waals surface area contributed by atoms with Crippen molar-refractivity contribution in [1.82, 2.24) is 9.80 Å². The van der Waals surface area contributed by atoms with Gasteiger partial charge in [-0.05, 0) is 36.5 Å². The van der Waals surface area contributed by atoms with Crippen LogP contribution in [0.25, 0.3) is 6.08 Å². The maximum Gasteiger partial charge on any atom is 0.265 e. The molecule has 0 aromatic heterocycles. The highest BCUT2D eigenvalue weighted by molar-refractivity contribution is 7.80. The number of hydrogen-bond acceptors (Lipinski definition) is 5. The summed E-state index contributed by atoms with van der Waals surface area (Å²) in [5.41, 5.74) is 1.14. The molecule has 0 atom stereocenters. The first-order valence-corrected chi connectivity index (χ1v) is 9.18. The summed E-state index contributed by atoms with van der Waals surface area (Å²) in [5, 5.41) is 2.87. The number of thiocarbonyl (C=S) groups is 1. The number of nitrogens with one attached hydrogen (secondary N) is 1. The van der Waals surface area contributed by atoms with Crippen LogP contribution in [0, 0.1) is 0 Å². The van der Waals surface area contributed by atoms with Crippen LogP contribution in [0.4, 0.5) is 5.69 Å². The molecule has 1 fully saturated rings. The smallest absolute Gasteiger partial charge is 0.265 e. The lowest BCUT2D eigenvalue weighted by molar-refractivity contribution is -0.132. The van der Waals surface area contributed by atoms with Crippen molar-refractivity contribution in [3.05, 3.63) is 65.7 Å². The third kappa shape index (κ3) is 4.49. The zero-order valence-electron chi connectivity index (χ0n) is 15.9. The monoisotopic (exact) mass is 409 g/mol. The molecule has 29 heavy (non-hydrogen) atoms. The Bertz CT molecular complexity index is 978. The van der Waals surface area contributed by atoms with E-state index >= 15 is 0 Å². The fourth-order valence-electron chi connectivity index (χ4n) is 2.72. The number of ether oxygens (including phenoxy) is 1. The molecule has 3 amide bonds. The maximum absolute atomic E-state index is 12.5. The van der Waals surface area contributed by atoms with Gasteiger partial charge in [0.25, 0.3) is 17.7 Å². The lowest BCUT2D eigenvalue weighted by Crippen LogP contribution is -2.52. The van der Waals surface area contributed by atoms with Gasteiger partial charge in [-0.25, -0.2) is 0 Å². The Balaban J connectivity index is 1.77. The van der Waals surface area contributed by atoms with Crippen molar-refractivity contribution >= 4 is 46.8 Å². The molecule has 1 saturated heterocycles. The fraction of sp³-hybridized carbons (Fsp3) is 0.143. The van der Waals surface area contributed by atoms with Crippen molar-refractivity contribution in [1.29, 1.82) is 0 Å². The number of amides is 3. The van der Waals surface area contributed by atoms with Crippen LogP contribution < -0.4 is 10.1 Å². The quantitative estimate of drug-likeness (QED) is 0.466. The SMILES string of the molecule is CN1C(=O)C(=Cc2ccccc2OCC(=O)Nc2ccccc2)C(=O)N(C)C1=S. The van der Waals surface area contributed by atoms with Gasteiger partial charge in [0, 0.05) is 25.3 Å². The Labute approximate surface area is 173 Å². The number of carbonyl (C=O) groups is 3. The molecule has 1 aliphatic rings. The van der Waals surface area contributed by atoms with Crippen LogP contribution in [0.1, 0.15) is 5.56 Å². The molecule has 3 rings (SSSR count). The minimum atomic E-state index is -0.491. The molecular weight excluding hydrogens is 390 g/mol. The Hall–Kier alpha value is -3.52. The minimum absolute atomic E-state index is 0.0339. The third-order valence-corrected chi connectivity index (χ3v) is 4.83. The van der Waals surface area contributed by atoms with Gasteiger partial charge in [-0.2, -0.15) is 0 Å². The molecule has 1 N–H and O–H groups in total. The summed E-state index contributed by atoms with van der Waals surface area (Å²) in [6, 6.07) is 15.9. The van der Waals surface area contributed by atoms with Gasteiger partial charge in [0.15, 0.2) is 11.7 Å². The maximum atomic E-state index is 12.5. The first-order valence-electron chi connectivity index (χ1n) is 8.77. The zero-order valence-corrected chi connectivity index (χ0v) is 16.7. The second kappa shape index (κ2) is 8.66. The third-order valence-electron chi connectivity index (χ3n) is 4.28. The molecule has 2 aromatic rings. The summed E-state index contributed by atoms with van der Waals surface area (Å²) in [7, 11) is 3.02. The minimum Gasteiger partial charge on any atom is -0.483 e. The van der Waals surface area contributed by atoms with Crippen molar-refractivity contribution in [2.45, 2.75) is 0 Å². The van der Waals surface area contributed by atoms with Crippen molar-refractivity contribution in [3.63, 3.8) is 0 Å². The molecule has 7 nitrogen and oxygen atoms in total. The Morgan fingerprint density at radius 3 is 2.24 bits per heavy atom. The van der Waals surface area contributed by atoms with E-state index < -0.39 is 11.8 Å². The largest absolute Gasteiger partial charge is 0.483 e. The van der Waals surface area contributed by atoms with Crippen molar-refractivity contribution in [2.24, 2.45) is 0 Å². The Morgan fingerprint density at radius 2 is 1.59 bits per heavy atom. The van der Waals surface area contributed by atoms with Crippen LogP contribution in [0.3, 0.4) is 0 Å². The number of para-hydroxylation sites is 2. The van der Waals surface area contributed by atoms with Gasteiger partial charge in [-0.1, -0.05) is 36.4 Å². The number of likely N-dealkylation sites (N-methyl/N-ethyl adjacent to an activating group) is 2. The highest BCUT2D eigenvalue weighted by Crippen LogP contribution is 2.24. The van der Waals surface area contributed by atoms with Gasteiger partial charge in [-0.15, -0.1) is 0 Å². The molecule has 1 heterocycles. The van der Waals surface area contributed by atoms with E-state index in [1.165, 1.54) is 30.0 Å². The van der Waals surface area contributed by atoms with E-state index in [1.54, 1.807) is 36.4 Å². The number of rotatable bonds is 5. The van der Waals surface area contributed by atoms with E-state index in [-0.39, 0.29) is 23.2 Å². The van der Waals surface area contributed by atoms with Gasteiger partial charge >= 0.3 is 0 Å². The van der Waals surface area contributed by atoms with Crippen molar-refractivity contribution in [2.75, 3.05) is 26.0 Å². The van der Waals surface area contributed by atoms with Crippen LogP contribution in [0.15, 0.2) is 60.2 Å². The standard InChI is InChI=1S/C21H19N3O4S/c1-23-19(26)16(20(27)24(2)21(23)29)12-14-8-6-7-11-17(14)28-13-18(25)22-15-9-4-3-5-10-15/h3-12H,13H2,1-2H3,(H,22,25). The van der Waals surface area contributed by atoms with E-state index in [4.69, 9.17) is 17.0 Å². The molecule has 0 spiro atoms. The van der Waals surface area contributed by atoms with Crippen LogP contribution >= 0.6 is 12.2 Å². The summed E-state index contributed by atoms with van der Waals surface area (Å²) in [5.74, 6) is -0.931. The molecular formula is C21H19N3O4S. The van der Waals surface area contributed by atoms with Gasteiger partial charge in [-0.3, -0.25) is 24.2 Å². The van der Waals surface area contributed by atoms with Gasteiger partial charge < -0.3 is 10.1 Å². The number of carbonyl (C=O) groups excluding carboxylic acids is 3. The van der Waals surface area contributed by atoms with Crippen molar-refractivity contribution < 1.29 is 19.1 Å². The summed E-state index contributed by atoms with van der Waals surface area (Å²) >= 11 is 5.09. The first kappa shape index (κ1) is 20.2. The van der Waals surface area contributed by atoms with Crippen molar-refractivity contribution in [3.8, 4) is 5.75 Å². The molecule has 0 radical (unpaired) electrons. The number of anilines is 1. The lowest BCUT2D eigenvalue weighted by atomic mass is 10.1. The average Bonchev–Trinajstić information content (AvgIpc) is 2.74. The molecule has 148 valence electrons. The number of benzene rings is 2. The fourth-order valence-corrected chi connectivity index (χ4v) is 2.89. The number of hydrogen-bond donors (Lipinski definition) is 1. The van der Waals surface area contributed by atoms with Crippen LogP contribution in [-0.2, 0) is 14.4 Å². The molecule has 0 bridgehead atoms. The highest BCUT2D eigenvalue weighted by atomic mass is 32.1. The van der Waals surface area contributed by atoms with E-state index in [2.05, 4.69) is 5.32 Å². The highest BCUT2D eigenvalue weighted by Gasteiger charge is 2.35. The molecule has 2 aromatic carbocycles. The Morgan fingerprint density at radius 1 is 1.00 bits per heavy atom. The molecule has 1 aliphatic heterocycles. The summed E-state index contributed by atoms with van der Waals surface area (Å²) < 4.78 is 5.63. The predicted octanol–water partition coefficient (Wildman–Crippen LogP) is 2.30. The van der Waals surface area contributed by atoms with Gasteiger partial charge in [0.1, 0.15) is 11.3 Å². The lowest BCUT2D eigenvalue weighted by Gasteiger charge is -2.31. The van der Waals surface area contributed by atoms with Gasteiger partial charge in [0.2, 0.25) is 0 Å². The molecule has 0 unspecified atom stereocenters. The Kier molecular flexibility index (Phi) is 6.04. The van der Waals surface area contributed by atoms with E-state index in [0.717, 1.165) is 0 Å². The van der Waals surface area contributed by atoms with Crippen LogP contribution in [0.2, 0.25) is 0 Å². The molecule has 8 heteroatoms. The normalized spacial score (nSPS) is 14.1. The van der Waals surface area contributed by atoms with Gasteiger partial charge in [0.05, 0.1) is 0 Å². The molecule has 0 saturated carbocycles. The van der Waals surface area contributed by atoms with Crippen LogP contribution in [-0.4, -0.2) is 53.3 Å². The zero-order chi connectivity index (χ0) is 21.0. The summed E-state index contributed by atoms with van der Waals surface area (Å²) in [4.78, 5) is 39.6. The molecule has 0 aliphatic carbocycles. The van der Waals surface area contributed by atoms with E-state index in [1.807, 2.05) is 18.2 Å². The number of nitrogens with zero attached hydrogens (tertiary/aromatic N) is 2. The summed E-state index contributed by atoms with van der Waals surface area (Å²) in [6.45, 7) is -0.221. The second-order valence-corrected chi connectivity index (χ2v) is 6.67. The van der Waals surface area contributed by atoms with E-state index in [9.17, 15) is 14.4 Å². The average molecular weight is 409 g/mol. The first-order chi connectivity index (χ1) is 13.9. The predicted molar refractivity (Wildman–Crippen MR) is 113 cm³/mol. The summed E-state index contributed by atoms with van der Waals surface area (Å²) in [6.07, 6.45) is 1.45. The van der Waals surface area contributed by atoms with Crippen LogP contribution in [0.5, 0.6) is 5.75 Å².